The summed E-state index contributed by atoms with van der Waals surface area (Å²) in [5.41, 5.74) is 5.24. The molecule has 6 nitrogen and oxygen atoms in total. The van der Waals surface area contributed by atoms with Crippen molar-refractivity contribution in [3.8, 4) is 0 Å². The number of primary amides is 1. The molecule has 7 heteroatoms. The Morgan fingerprint density at radius 2 is 2.21 bits per heavy atom. The minimum Gasteiger partial charge on any atom is -0.370 e. The van der Waals surface area contributed by atoms with E-state index in [0.717, 1.165) is 49.2 Å². The summed E-state index contributed by atoms with van der Waals surface area (Å²) in [6.07, 6.45) is 2.61. The zero-order valence-electron chi connectivity index (χ0n) is 11.3. The van der Waals surface area contributed by atoms with Crippen LogP contribution in [0.15, 0.2) is 0 Å². The Hall–Kier alpha value is -1.21. The number of nitrogens with zero attached hydrogens (tertiary/aromatic N) is 3. The van der Waals surface area contributed by atoms with Gasteiger partial charge in [0.15, 0.2) is 0 Å². The normalized spacial score (nSPS) is 17.5. The van der Waals surface area contributed by atoms with Crippen molar-refractivity contribution in [2.24, 2.45) is 11.7 Å². The highest BCUT2D eigenvalue weighted by atomic mass is 32.1. The van der Waals surface area contributed by atoms with Gasteiger partial charge in [-0.25, -0.2) is 0 Å². The summed E-state index contributed by atoms with van der Waals surface area (Å²) in [6, 6.07) is 0. The summed E-state index contributed by atoms with van der Waals surface area (Å²) in [4.78, 5) is 13.3. The SMILES string of the molecule is CCNc1nnc(CN2CCC(CC(N)=O)CC2)s1. The Kier molecular flexibility index (Phi) is 5.09. The highest BCUT2D eigenvalue weighted by molar-refractivity contribution is 7.15. The van der Waals surface area contributed by atoms with E-state index in [1.54, 1.807) is 11.3 Å². The fourth-order valence-corrected chi connectivity index (χ4v) is 3.21. The number of piperidine rings is 1. The second-order valence-electron chi connectivity index (χ2n) is 4.92. The smallest absolute Gasteiger partial charge is 0.217 e. The molecule has 1 saturated heterocycles. The van der Waals surface area contributed by atoms with Crippen LogP contribution in [0.25, 0.3) is 0 Å². The topological polar surface area (TPSA) is 84.1 Å². The van der Waals surface area contributed by atoms with Crippen molar-refractivity contribution in [2.75, 3.05) is 25.0 Å². The first-order valence-corrected chi connectivity index (χ1v) is 7.56. The van der Waals surface area contributed by atoms with E-state index in [9.17, 15) is 4.79 Å². The molecule has 0 spiro atoms. The molecule has 3 N–H and O–H groups in total. The molecule has 1 fully saturated rings. The minimum atomic E-state index is -0.183. The Labute approximate surface area is 117 Å². The van der Waals surface area contributed by atoms with Gasteiger partial charge in [-0.3, -0.25) is 9.69 Å². The molecule has 0 atom stereocenters. The Morgan fingerprint density at radius 1 is 1.47 bits per heavy atom. The van der Waals surface area contributed by atoms with Crippen LogP contribution in [-0.4, -0.2) is 40.6 Å². The molecule has 0 radical (unpaired) electrons. The summed E-state index contributed by atoms with van der Waals surface area (Å²) >= 11 is 1.61. The van der Waals surface area contributed by atoms with Crippen LogP contribution in [0, 0.1) is 5.92 Å². The molecule has 106 valence electrons. The fraction of sp³-hybridized carbons (Fsp3) is 0.750. The van der Waals surface area contributed by atoms with Crippen molar-refractivity contribution in [1.29, 1.82) is 0 Å². The lowest BCUT2D eigenvalue weighted by molar-refractivity contribution is -0.119. The maximum absolute atomic E-state index is 10.9. The lowest BCUT2D eigenvalue weighted by Gasteiger charge is -2.30. The summed E-state index contributed by atoms with van der Waals surface area (Å²) in [6.45, 7) is 5.78. The van der Waals surface area contributed by atoms with Crippen LogP contribution in [0.1, 0.15) is 31.2 Å². The first-order valence-electron chi connectivity index (χ1n) is 6.74. The Morgan fingerprint density at radius 3 is 2.84 bits per heavy atom. The van der Waals surface area contributed by atoms with Gasteiger partial charge in [0.25, 0.3) is 0 Å². The monoisotopic (exact) mass is 283 g/mol. The number of carbonyl (C=O) groups is 1. The van der Waals surface area contributed by atoms with Gasteiger partial charge in [-0.05, 0) is 38.8 Å². The lowest BCUT2D eigenvalue weighted by Crippen LogP contribution is -2.34. The fourth-order valence-electron chi connectivity index (χ4n) is 2.36. The molecule has 0 aromatic carbocycles. The number of aromatic nitrogens is 2. The minimum absolute atomic E-state index is 0.183. The van der Waals surface area contributed by atoms with E-state index >= 15 is 0 Å². The van der Waals surface area contributed by atoms with E-state index in [1.807, 2.05) is 6.92 Å². The Bertz CT molecular complexity index is 414. The zero-order valence-corrected chi connectivity index (χ0v) is 12.1. The second kappa shape index (κ2) is 6.81. The number of rotatable bonds is 6. The van der Waals surface area contributed by atoms with Crippen molar-refractivity contribution in [2.45, 2.75) is 32.7 Å². The van der Waals surface area contributed by atoms with Crippen molar-refractivity contribution < 1.29 is 4.79 Å². The van der Waals surface area contributed by atoms with Gasteiger partial charge in [-0.15, -0.1) is 10.2 Å². The average molecular weight is 283 g/mol. The number of carbonyl (C=O) groups excluding carboxylic acids is 1. The Balaban J connectivity index is 1.76. The molecule has 0 bridgehead atoms. The van der Waals surface area contributed by atoms with Gasteiger partial charge >= 0.3 is 0 Å². The van der Waals surface area contributed by atoms with Crippen molar-refractivity contribution in [3.63, 3.8) is 0 Å². The van der Waals surface area contributed by atoms with E-state index in [2.05, 4.69) is 20.4 Å². The van der Waals surface area contributed by atoms with Gasteiger partial charge in [0, 0.05) is 13.0 Å². The summed E-state index contributed by atoms with van der Waals surface area (Å²) < 4.78 is 0. The standard InChI is InChI=1S/C12H21N5OS/c1-2-14-12-16-15-11(19-12)8-17-5-3-9(4-6-17)7-10(13)18/h9H,2-8H2,1H3,(H2,13,18)(H,14,16). The van der Waals surface area contributed by atoms with Crippen molar-refractivity contribution in [1.82, 2.24) is 15.1 Å². The van der Waals surface area contributed by atoms with E-state index in [0.29, 0.717) is 12.3 Å². The molecule has 1 aromatic rings. The average Bonchev–Trinajstić information content (AvgIpc) is 2.79. The molecular weight excluding hydrogens is 262 g/mol. The molecule has 0 aliphatic carbocycles. The summed E-state index contributed by atoms with van der Waals surface area (Å²) in [5, 5.41) is 13.4. The molecule has 0 unspecified atom stereocenters. The van der Waals surface area contributed by atoms with Gasteiger partial charge < -0.3 is 11.1 Å². The van der Waals surface area contributed by atoms with Crippen LogP contribution in [0.4, 0.5) is 5.13 Å². The molecule has 2 rings (SSSR count). The number of amides is 1. The molecule has 1 aromatic heterocycles. The molecule has 1 amide bonds. The third kappa shape index (κ3) is 4.43. The van der Waals surface area contributed by atoms with Crippen LogP contribution in [0.5, 0.6) is 0 Å². The van der Waals surface area contributed by atoms with Gasteiger partial charge in [-0.1, -0.05) is 11.3 Å². The predicted molar refractivity (Wildman–Crippen MR) is 75.9 cm³/mol. The maximum Gasteiger partial charge on any atom is 0.217 e. The molecule has 2 heterocycles. The number of nitrogens with one attached hydrogen (secondary N) is 1. The number of hydrogen-bond donors (Lipinski definition) is 2. The van der Waals surface area contributed by atoms with Crippen LogP contribution < -0.4 is 11.1 Å². The third-order valence-electron chi connectivity index (χ3n) is 3.35. The molecule has 1 aliphatic heterocycles. The molecular formula is C12H21N5OS. The van der Waals surface area contributed by atoms with Crippen LogP contribution in [0.2, 0.25) is 0 Å². The summed E-state index contributed by atoms with van der Waals surface area (Å²) in [7, 11) is 0. The van der Waals surface area contributed by atoms with Crippen LogP contribution in [0.3, 0.4) is 0 Å². The van der Waals surface area contributed by atoms with E-state index < -0.39 is 0 Å². The van der Waals surface area contributed by atoms with Gasteiger partial charge in [0.05, 0.1) is 6.54 Å². The lowest BCUT2D eigenvalue weighted by atomic mass is 9.93. The molecule has 1 aliphatic rings. The maximum atomic E-state index is 10.9. The van der Waals surface area contributed by atoms with E-state index in [1.165, 1.54) is 0 Å². The first-order chi connectivity index (χ1) is 9.17. The number of likely N-dealkylation sites (tertiary alicyclic amines) is 1. The number of hydrogen-bond acceptors (Lipinski definition) is 6. The van der Waals surface area contributed by atoms with E-state index in [-0.39, 0.29) is 5.91 Å². The predicted octanol–water partition coefficient (Wildman–Crippen LogP) is 1.06. The number of anilines is 1. The van der Waals surface area contributed by atoms with Crippen molar-refractivity contribution >= 4 is 22.4 Å². The highest BCUT2D eigenvalue weighted by Crippen LogP contribution is 2.23. The first kappa shape index (κ1) is 14.2. The van der Waals surface area contributed by atoms with Gasteiger partial charge in [0.2, 0.25) is 11.0 Å². The molecule has 0 saturated carbocycles. The zero-order chi connectivity index (χ0) is 13.7. The second-order valence-corrected chi connectivity index (χ2v) is 5.98. The summed E-state index contributed by atoms with van der Waals surface area (Å²) in [5.74, 6) is 0.276. The van der Waals surface area contributed by atoms with E-state index in [4.69, 9.17) is 5.73 Å². The van der Waals surface area contributed by atoms with Gasteiger partial charge in [-0.2, -0.15) is 0 Å². The van der Waals surface area contributed by atoms with Crippen LogP contribution >= 0.6 is 11.3 Å². The molecule has 19 heavy (non-hydrogen) atoms. The van der Waals surface area contributed by atoms with Crippen LogP contribution in [-0.2, 0) is 11.3 Å². The number of nitrogens with two attached hydrogens (primary N) is 1. The van der Waals surface area contributed by atoms with Crippen molar-refractivity contribution in [3.05, 3.63) is 5.01 Å². The quantitative estimate of drug-likeness (QED) is 0.815. The van der Waals surface area contributed by atoms with Gasteiger partial charge in [0.1, 0.15) is 5.01 Å². The highest BCUT2D eigenvalue weighted by Gasteiger charge is 2.21. The largest absolute Gasteiger partial charge is 0.370 e. The third-order valence-corrected chi connectivity index (χ3v) is 4.22.